The van der Waals surface area contributed by atoms with Crippen molar-refractivity contribution in [3.8, 4) is 33.6 Å². The molecule has 0 unspecified atom stereocenters. The Bertz CT molecular complexity index is 2820. The predicted molar refractivity (Wildman–Crippen MR) is 286 cm³/mol. The Kier molecular flexibility index (Phi) is 16.4. The molecule has 4 heterocycles. The number of amides is 4. The number of likely N-dealkylation sites (tertiary alicyclic amines) is 2. The first-order chi connectivity index (χ1) is 35.0. The van der Waals surface area contributed by atoms with Gasteiger partial charge in [-0.05, 0) is 125 Å². The maximum absolute atomic E-state index is 13.9. The number of nitrogens with zero attached hydrogens (tertiary/aromatic N) is 4. The molecule has 386 valence electrons. The van der Waals surface area contributed by atoms with E-state index >= 15 is 0 Å². The number of allylic oxidation sites excluding steroid dienone is 4. The molecule has 14 heteroatoms. The summed E-state index contributed by atoms with van der Waals surface area (Å²) in [6, 6.07) is 22.5. The van der Waals surface area contributed by atoms with Crippen molar-refractivity contribution < 1.29 is 28.7 Å². The van der Waals surface area contributed by atoms with Crippen LogP contribution in [0.15, 0.2) is 96.8 Å². The van der Waals surface area contributed by atoms with Gasteiger partial charge in [-0.15, -0.1) is 0 Å². The summed E-state index contributed by atoms with van der Waals surface area (Å²) in [6.45, 7) is 17.7. The minimum atomic E-state index is -0.698. The average Bonchev–Trinajstić information content (AvgIpc) is 4.23. The summed E-state index contributed by atoms with van der Waals surface area (Å²) in [5.41, 5.74) is 12.6. The van der Waals surface area contributed by atoms with Gasteiger partial charge in [0.15, 0.2) is 0 Å². The van der Waals surface area contributed by atoms with Crippen molar-refractivity contribution in [2.45, 2.75) is 118 Å². The van der Waals surface area contributed by atoms with E-state index < -0.39 is 24.3 Å². The number of hydrogen-bond acceptors (Lipinski definition) is 8. The number of H-pyrrole nitrogens is 2. The number of rotatable bonds is 12. The van der Waals surface area contributed by atoms with E-state index in [1.54, 1.807) is 0 Å². The molecule has 0 saturated carbocycles. The van der Waals surface area contributed by atoms with E-state index in [0.29, 0.717) is 19.0 Å². The second kappa shape index (κ2) is 22.9. The number of ether oxygens (including phenoxy) is 2. The third-order valence-electron chi connectivity index (χ3n) is 15.2. The number of carbonyl (C=O) groups is 4. The third kappa shape index (κ3) is 12.0. The van der Waals surface area contributed by atoms with Crippen LogP contribution < -0.4 is 10.6 Å². The molecule has 5 aromatic rings. The number of benzene rings is 3. The fourth-order valence-corrected chi connectivity index (χ4v) is 10.8. The van der Waals surface area contributed by atoms with Crippen LogP contribution in [0, 0.1) is 29.6 Å². The predicted octanol–water partition coefficient (Wildman–Crippen LogP) is 11.3. The number of aryl methyl sites for hydroxylation is 2. The molecule has 2 aliphatic heterocycles. The van der Waals surface area contributed by atoms with Gasteiger partial charge in [-0.1, -0.05) is 127 Å². The largest absolute Gasteiger partial charge is 0.453 e. The van der Waals surface area contributed by atoms with Crippen LogP contribution in [0.25, 0.3) is 39.2 Å². The summed E-state index contributed by atoms with van der Waals surface area (Å²) in [5, 5.41) is 5.48. The van der Waals surface area contributed by atoms with E-state index in [4.69, 9.17) is 19.4 Å². The third-order valence-corrected chi connectivity index (χ3v) is 15.2. The fraction of sp³-hybridized carbons (Fsp3) is 0.458. The minimum absolute atomic E-state index is 0.113. The molecule has 7 atom stereocenters. The Morgan fingerprint density at radius 1 is 0.658 bits per heavy atom. The number of fused-ring (bicyclic) bond motifs is 8. The second-order valence-corrected chi connectivity index (χ2v) is 21.4. The van der Waals surface area contributed by atoms with Gasteiger partial charge >= 0.3 is 12.2 Å². The zero-order valence-electron chi connectivity index (χ0n) is 44.3. The van der Waals surface area contributed by atoms with Crippen LogP contribution in [-0.2, 0) is 31.9 Å². The van der Waals surface area contributed by atoms with Gasteiger partial charge in [0.05, 0.1) is 50.1 Å². The van der Waals surface area contributed by atoms with Crippen LogP contribution in [0.5, 0.6) is 0 Å². The van der Waals surface area contributed by atoms with Crippen LogP contribution in [0.3, 0.4) is 0 Å². The summed E-state index contributed by atoms with van der Waals surface area (Å²) in [6.07, 6.45) is 12.5. The zero-order valence-corrected chi connectivity index (χ0v) is 44.3. The van der Waals surface area contributed by atoms with E-state index in [9.17, 15) is 19.2 Å². The van der Waals surface area contributed by atoms with Gasteiger partial charge in [-0.3, -0.25) is 9.59 Å². The molecule has 2 bridgehead atoms. The highest BCUT2D eigenvalue weighted by atomic mass is 16.5. The van der Waals surface area contributed by atoms with Crippen molar-refractivity contribution in [3.05, 3.63) is 125 Å². The maximum Gasteiger partial charge on any atom is 0.407 e. The molecule has 4 N–H and O–H groups in total. The van der Waals surface area contributed by atoms with E-state index in [2.05, 4.69) is 127 Å². The minimum Gasteiger partial charge on any atom is -0.453 e. The highest BCUT2D eigenvalue weighted by Gasteiger charge is 2.41. The smallest absolute Gasteiger partial charge is 0.407 e. The molecule has 2 aliphatic carbocycles. The van der Waals surface area contributed by atoms with E-state index in [-0.39, 0.29) is 47.6 Å². The Morgan fingerprint density at radius 3 is 1.64 bits per heavy atom. The molecular formula is C59H74N8O6. The first-order valence-corrected chi connectivity index (χ1v) is 26.1. The monoisotopic (exact) mass is 991 g/mol. The number of aromatic amines is 2. The number of hydrogen-bond donors (Lipinski definition) is 4. The van der Waals surface area contributed by atoms with Crippen LogP contribution in [0.2, 0.25) is 0 Å². The molecule has 0 radical (unpaired) electrons. The van der Waals surface area contributed by atoms with Gasteiger partial charge < -0.3 is 39.9 Å². The Balaban J connectivity index is 0.961. The number of alkyl carbamates (subject to hydrolysis) is 2. The van der Waals surface area contributed by atoms with Gasteiger partial charge in [-0.25, -0.2) is 19.6 Å². The molecule has 9 rings (SSSR count). The molecule has 73 heavy (non-hydrogen) atoms. The fourth-order valence-electron chi connectivity index (χ4n) is 10.8. The lowest BCUT2D eigenvalue weighted by Crippen LogP contribution is -2.51. The van der Waals surface area contributed by atoms with E-state index in [1.165, 1.54) is 53.2 Å². The molecule has 0 spiro atoms. The normalized spacial score (nSPS) is 22.1. The summed E-state index contributed by atoms with van der Waals surface area (Å²) in [4.78, 5) is 72.3. The Labute approximate surface area is 430 Å². The molecule has 14 nitrogen and oxygen atoms in total. The van der Waals surface area contributed by atoms with Gasteiger partial charge in [0.25, 0.3) is 0 Å². The van der Waals surface area contributed by atoms with Crippen molar-refractivity contribution in [3.63, 3.8) is 0 Å². The van der Waals surface area contributed by atoms with Crippen molar-refractivity contribution in [1.82, 2.24) is 40.4 Å². The lowest BCUT2D eigenvalue weighted by molar-refractivity contribution is -0.136. The molecule has 2 aromatic heterocycles. The Hall–Kier alpha value is -6.96. The van der Waals surface area contributed by atoms with Gasteiger partial charge in [0.2, 0.25) is 11.8 Å². The molecule has 2 fully saturated rings. The van der Waals surface area contributed by atoms with Crippen molar-refractivity contribution in [2.24, 2.45) is 29.6 Å². The number of carbonyl (C=O) groups excluding carboxylic acids is 4. The van der Waals surface area contributed by atoms with Crippen molar-refractivity contribution >= 4 is 29.6 Å². The standard InChI is InChI=1S/C59H74N8O6/c1-34(2)52(64-58(70)72-9)56(68)66-32-37(6)27-50(66)54-60-30-48(62-54)45-23-19-42(20-24-45)39(8)41-15-11-36(5)12-16-43-18-14-40(13-17-41)29-47(43)44-21-25-46(26-22-44)49-31-61-55(63-49)51-28-38(7)33-67(51)57(69)53(35(3)4)65-59(71)73-10/h11,14-15,18-26,29-31,34-38,50-53H,12-13,16-17,27-28,32-33H2,1-10H3,(H,60,62)(H,61,63)(H,64,70)(H,65,71)/b15-11-,41-39-/t36-,37+,38+,50-,51-,52-,53-/m0/s1. The lowest BCUT2D eigenvalue weighted by Gasteiger charge is -2.30. The molecule has 3 aromatic carbocycles. The summed E-state index contributed by atoms with van der Waals surface area (Å²) >= 11 is 0. The molecule has 4 aliphatic rings. The highest BCUT2D eigenvalue weighted by molar-refractivity contribution is 5.87. The summed E-state index contributed by atoms with van der Waals surface area (Å²) in [5.74, 6) is 1.95. The van der Waals surface area contributed by atoms with E-state index in [0.717, 1.165) is 72.7 Å². The maximum atomic E-state index is 13.9. The lowest BCUT2D eigenvalue weighted by atomic mass is 9.88. The summed E-state index contributed by atoms with van der Waals surface area (Å²) in [7, 11) is 2.61. The van der Waals surface area contributed by atoms with Gasteiger partial charge in [0, 0.05) is 13.1 Å². The number of imidazole rings is 2. The zero-order chi connectivity index (χ0) is 52.1. The quantitative estimate of drug-likeness (QED) is 0.0955. The molecule has 2 saturated heterocycles. The molecule has 4 amide bonds. The van der Waals surface area contributed by atoms with Crippen LogP contribution in [-0.4, -0.2) is 93.1 Å². The van der Waals surface area contributed by atoms with Crippen LogP contribution in [0.4, 0.5) is 9.59 Å². The van der Waals surface area contributed by atoms with E-state index in [1.807, 2.05) is 49.9 Å². The number of methoxy groups -OCH3 is 2. The number of nitrogens with one attached hydrogen (secondary N) is 4. The summed E-state index contributed by atoms with van der Waals surface area (Å²) < 4.78 is 9.65. The first kappa shape index (κ1) is 52.4. The number of aromatic nitrogens is 4. The van der Waals surface area contributed by atoms with Crippen molar-refractivity contribution in [2.75, 3.05) is 27.3 Å². The topological polar surface area (TPSA) is 175 Å². The van der Waals surface area contributed by atoms with Crippen molar-refractivity contribution in [1.29, 1.82) is 0 Å². The van der Waals surface area contributed by atoms with Crippen LogP contribution in [0.1, 0.15) is 121 Å². The van der Waals surface area contributed by atoms with Gasteiger partial charge in [-0.2, -0.15) is 0 Å². The van der Waals surface area contributed by atoms with Gasteiger partial charge in [0.1, 0.15) is 23.7 Å². The highest BCUT2D eigenvalue weighted by Crippen LogP contribution is 2.39. The molecular weight excluding hydrogens is 917 g/mol. The first-order valence-electron chi connectivity index (χ1n) is 26.1. The second-order valence-electron chi connectivity index (χ2n) is 21.4. The SMILES string of the molecule is COC(=O)N[C@H](C(=O)N1C[C@H](C)C[C@H]1c1ncc(-c2ccc(/C(C)=C3/C=C\[C@H](C)CCc4ccc(cc4-c4ccc(-c5cnc([C@@H]6C[C@@H](C)CN6C(=O)[C@@H](NC(=O)OC)C(C)C)[nH]5)cc4)CC3)cc2)[nH]1)C(C)C. The Morgan fingerprint density at radius 2 is 1.15 bits per heavy atom. The average molecular weight is 991 g/mol. The van der Waals surface area contributed by atoms with Crippen LogP contribution >= 0.6 is 0 Å².